The highest BCUT2D eigenvalue weighted by Crippen LogP contribution is 2.33. The van der Waals surface area contributed by atoms with Crippen molar-refractivity contribution in [2.75, 3.05) is 11.9 Å². The molecule has 9 heteroatoms. The topological polar surface area (TPSA) is 87.5 Å². The predicted octanol–water partition coefficient (Wildman–Crippen LogP) is 3.66. The molecule has 0 saturated carbocycles. The van der Waals surface area contributed by atoms with Crippen molar-refractivity contribution in [2.24, 2.45) is 10.9 Å². The number of hydrogen-bond acceptors (Lipinski definition) is 7. The highest BCUT2D eigenvalue weighted by Gasteiger charge is 2.34. The molecule has 1 saturated heterocycles. The Morgan fingerprint density at radius 2 is 1.87 bits per heavy atom. The van der Waals surface area contributed by atoms with Gasteiger partial charge in [0.25, 0.3) is 11.5 Å². The van der Waals surface area contributed by atoms with Crippen molar-refractivity contribution in [3.63, 3.8) is 0 Å². The van der Waals surface area contributed by atoms with Gasteiger partial charge in [0.05, 0.1) is 21.8 Å². The van der Waals surface area contributed by atoms with Crippen LogP contribution in [0.1, 0.15) is 35.0 Å². The van der Waals surface area contributed by atoms with Crippen molar-refractivity contribution in [3.8, 4) is 0 Å². The molecule has 1 amide bonds. The van der Waals surface area contributed by atoms with Crippen molar-refractivity contribution < 1.29 is 4.79 Å². The number of fused-ring (bicyclic) bond motifs is 1. The zero-order valence-corrected chi connectivity index (χ0v) is 22.6. The van der Waals surface area contributed by atoms with Crippen molar-refractivity contribution in [1.82, 2.24) is 15.4 Å². The van der Waals surface area contributed by atoms with Gasteiger partial charge in [-0.1, -0.05) is 72.0 Å². The maximum absolute atomic E-state index is 13.9. The highest BCUT2D eigenvalue weighted by atomic mass is 32.1. The molecule has 0 bridgehead atoms. The summed E-state index contributed by atoms with van der Waals surface area (Å²) in [4.78, 5) is 33.9. The van der Waals surface area contributed by atoms with E-state index >= 15 is 0 Å². The van der Waals surface area contributed by atoms with E-state index in [-0.39, 0.29) is 23.4 Å². The van der Waals surface area contributed by atoms with Gasteiger partial charge in [0.2, 0.25) is 0 Å². The molecule has 4 aromatic rings. The number of aryl methyl sites for hydroxylation is 1. The second kappa shape index (κ2) is 10.3. The first-order chi connectivity index (χ1) is 18.5. The van der Waals surface area contributed by atoms with E-state index in [0.29, 0.717) is 27.1 Å². The van der Waals surface area contributed by atoms with Gasteiger partial charge in [-0.05, 0) is 42.5 Å². The molecular formula is C29H27N5O2S2. The van der Waals surface area contributed by atoms with Crippen LogP contribution in [0.3, 0.4) is 0 Å². The number of aromatic nitrogens is 1. The van der Waals surface area contributed by atoms with Gasteiger partial charge in [0, 0.05) is 23.0 Å². The summed E-state index contributed by atoms with van der Waals surface area (Å²) >= 11 is 2.92. The van der Waals surface area contributed by atoms with Gasteiger partial charge in [0.15, 0.2) is 4.80 Å². The third kappa shape index (κ3) is 4.48. The maximum Gasteiger partial charge on any atom is 0.270 e. The van der Waals surface area contributed by atoms with Crippen LogP contribution in [-0.2, 0) is 4.79 Å². The number of thiazole rings is 1. The van der Waals surface area contributed by atoms with E-state index in [1.165, 1.54) is 22.7 Å². The van der Waals surface area contributed by atoms with Gasteiger partial charge < -0.3 is 5.32 Å². The molecular weight excluding hydrogens is 514 g/mol. The summed E-state index contributed by atoms with van der Waals surface area (Å²) in [6.07, 6.45) is 2.05. The van der Waals surface area contributed by atoms with Crippen LogP contribution < -0.4 is 31.1 Å². The number of nitrogens with zero attached hydrogens (tertiary/aromatic N) is 2. The average Bonchev–Trinajstić information content (AvgIpc) is 3.67. The van der Waals surface area contributed by atoms with Crippen molar-refractivity contribution in [1.29, 1.82) is 0 Å². The van der Waals surface area contributed by atoms with E-state index in [9.17, 15) is 9.59 Å². The van der Waals surface area contributed by atoms with Gasteiger partial charge >= 0.3 is 0 Å². The van der Waals surface area contributed by atoms with Crippen LogP contribution in [0, 0.1) is 12.8 Å². The first-order valence-corrected chi connectivity index (χ1v) is 14.2. The quantitative estimate of drug-likeness (QED) is 0.360. The third-order valence-corrected chi connectivity index (χ3v) is 8.95. The monoisotopic (exact) mass is 541 g/mol. The van der Waals surface area contributed by atoms with E-state index in [0.717, 1.165) is 21.7 Å². The van der Waals surface area contributed by atoms with Crippen molar-refractivity contribution in [2.45, 2.75) is 25.9 Å². The fourth-order valence-corrected chi connectivity index (χ4v) is 7.01. The lowest BCUT2D eigenvalue weighted by molar-refractivity contribution is -0.113. The van der Waals surface area contributed by atoms with Crippen LogP contribution in [0.5, 0.6) is 0 Å². The molecule has 3 N–H and O–H groups in total. The highest BCUT2D eigenvalue weighted by molar-refractivity contribution is 7.10. The fraction of sp³-hybridized carbons (Fsp3) is 0.207. The molecule has 6 rings (SSSR count). The molecule has 1 fully saturated rings. The molecule has 2 aromatic carbocycles. The van der Waals surface area contributed by atoms with Gasteiger partial charge in [-0.2, -0.15) is 0 Å². The first kappa shape index (κ1) is 24.7. The number of benzene rings is 2. The number of hydrogen-bond donors (Lipinski definition) is 3. The minimum atomic E-state index is -0.540. The molecule has 4 heterocycles. The SMILES string of the molecule is CC1=C(C(=O)Nc2ccccc2C)C(c2cccs2)n2c(s/c(=C/C3CNNC3c3ccccc3)c2=O)=N1. The lowest BCUT2D eigenvalue weighted by Gasteiger charge is -2.24. The second-order valence-corrected chi connectivity index (χ2v) is 11.5. The predicted molar refractivity (Wildman–Crippen MR) is 153 cm³/mol. The molecule has 2 aromatic heterocycles. The van der Waals surface area contributed by atoms with E-state index in [1.807, 2.05) is 79.9 Å². The molecule has 192 valence electrons. The molecule has 0 radical (unpaired) electrons. The Bertz CT molecular complexity index is 1700. The number of para-hydroxylation sites is 1. The van der Waals surface area contributed by atoms with Crippen LogP contribution in [-0.4, -0.2) is 17.0 Å². The number of carbonyl (C=O) groups excluding carboxylic acids is 1. The Balaban J connectivity index is 1.43. The number of amides is 1. The third-order valence-electron chi connectivity index (χ3n) is 7.02. The Labute approximate surface area is 227 Å². The fourth-order valence-electron chi connectivity index (χ4n) is 5.10. The van der Waals surface area contributed by atoms with Crippen LogP contribution in [0.15, 0.2) is 93.2 Å². The Kier molecular flexibility index (Phi) is 6.67. The molecule has 2 aliphatic heterocycles. The van der Waals surface area contributed by atoms with Crippen LogP contribution in [0.2, 0.25) is 0 Å². The number of rotatable bonds is 5. The zero-order chi connectivity index (χ0) is 26.2. The smallest absolute Gasteiger partial charge is 0.270 e. The normalized spacial score (nSPS) is 21.3. The Morgan fingerprint density at radius 1 is 1.08 bits per heavy atom. The van der Waals surface area contributed by atoms with Crippen LogP contribution >= 0.6 is 22.7 Å². The van der Waals surface area contributed by atoms with E-state index in [1.54, 1.807) is 4.57 Å². The molecule has 3 atom stereocenters. The molecule has 0 aliphatic carbocycles. The molecule has 38 heavy (non-hydrogen) atoms. The Morgan fingerprint density at radius 3 is 2.63 bits per heavy atom. The zero-order valence-electron chi connectivity index (χ0n) is 21.0. The summed E-state index contributed by atoms with van der Waals surface area (Å²) in [7, 11) is 0. The molecule has 2 aliphatic rings. The van der Waals surface area contributed by atoms with Crippen molar-refractivity contribution >= 4 is 40.3 Å². The van der Waals surface area contributed by atoms with E-state index in [4.69, 9.17) is 4.99 Å². The summed E-state index contributed by atoms with van der Waals surface area (Å²) in [5.74, 6) is -0.162. The number of allylic oxidation sites excluding steroid dienone is 1. The first-order valence-electron chi connectivity index (χ1n) is 12.5. The summed E-state index contributed by atoms with van der Waals surface area (Å²) in [5, 5.41) is 5.02. The van der Waals surface area contributed by atoms with E-state index < -0.39 is 6.04 Å². The van der Waals surface area contributed by atoms with Gasteiger partial charge in [-0.3, -0.25) is 19.6 Å². The lowest BCUT2D eigenvalue weighted by Crippen LogP contribution is -2.40. The van der Waals surface area contributed by atoms with Crippen LogP contribution in [0.4, 0.5) is 5.69 Å². The van der Waals surface area contributed by atoms with Gasteiger partial charge in [0.1, 0.15) is 6.04 Å². The summed E-state index contributed by atoms with van der Waals surface area (Å²) in [6.45, 7) is 4.51. The number of anilines is 1. The summed E-state index contributed by atoms with van der Waals surface area (Å²) < 4.78 is 2.32. The average molecular weight is 542 g/mol. The number of thiophene rings is 1. The standard InChI is InChI=1S/C29H27N5O2S2/c1-17-9-6-7-12-21(17)32-27(35)24-18(2)31-29-34(26(24)22-13-8-14-37-22)28(36)23(38-29)15-20-16-30-33-25(20)19-10-4-3-5-11-19/h3-15,20,25-26,30,33H,16H2,1-2H3,(H,32,35)/b23-15+. The number of carbonyl (C=O) groups is 1. The van der Waals surface area contributed by atoms with Crippen molar-refractivity contribution in [3.05, 3.63) is 119 Å². The van der Waals surface area contributed by atoms with Gasteiger partial charge in [-0.15, -0.1) is 11.3 Å². The number of nitrogens with one attached hydrogen (secondary N) is 3. The Hall–Kier alpha value is -3.63. The molecule has 7 nitrogen and oxygen atoms in total. The second-order valence-electron chi connectivity index (χ2n) is 9.47. The minimum absolute atomic E-state index is 0.0556. The van der Waals surface area contributed by atoms with E-state index in [2.05, 4.69) is 28.3 Å². The summed E-state index contributed by atoms with van der Waals surface area (Å²) in [5.41, 5.74) is 10.4. The largest absolute Gasteiger partial charge is 0.322 e. The minimum Gasteiger partial charge on any atom is -0.322 e. The summed E-state index contributed by atoms with van der Waals surface area (Å²) in [6, 6.07) is 21.3. The lowest BCUT2D eigenvalue weighted by atomic mass is 9.95. The number of hydrazine groups is 1. The maximum atomic E-state index is 13.9. The molecule has 3 unspecified atom stereocenters. The van der Waals surface area contributed by atoms with Crippen LogP contribution in [0.25, 0.3) is 6.08 Å². The van der Waals surface area contributed by atoms with Gasteiger partial charge in [-0.25, -0.2) is 10.4 Å². The molecule has 0 spiro atoms.